The van der Waals surface area contributed by atoms with Crippen LogP contribution in [0.5, 0.6) is 0 Å². The molecule has 1 saturated heterocycles. The molecule has 0 spiro atoms. The SMILES string of the molecule is Cc1cc(-c2cccs2)nc(C2CCCNC2)n1. The van der Waals surface area contributed by atoms with Crippen LogP contribution < -0.4 is 5.32 Å². The Bertz CT molecular complexity index is 516. The molecule has 3 nitrogen and oxygen atoms in total. The molecule has 18 heavy (non-hydrogen) atoms. The van der Waals surface area contributed by atoms with Crippen LogP contribution >= 0.6 is 11.3 Å². The number of nitrogens with zero attached hydrogens (tertiary/aromatic N) is 2. The third-order valence-corrected chi connectivity index (χ3v) is 4.20. The number of rotatable bonds is 2. The van der Waals surface area contributed by atoms with Gasteiger partial charge in [-0.2, -0.15) is 0 Å². The number of aryl methyl sites for hydroxylation is 1. The summed E-state index contributed by atoms with van der Waals surface area (Å²) >= 11 is 1.73. The van der Waals surface area contributed by atoms with Gasteiger partial charge in [0.2, 0.25) is 0 Å². The Kier molecular flexibility index (Phi) is 3.39. The van der Waals surface area contributed by atoms with E-state index in [0.29, 0.717) is 5.92 Å². The molecule has 1 atom stereocenters. The largest absolute Gasteiger partial charge is 0.316 e. The highest BCUT2D eigenvalue weighted by Crippen LogP contribution is 2.26. The highest BCUT2D eigenvalue weighted by atomic mass is 32.1. The zero-order chi connectivity index (χ0) is 12.4. The van der Waals surface area contributed by atoms with Gasteiger partial charge in [-0.05, 0) is 43.8 Å². The number of thiophene rings is 1. The standard InChI is InChI=1S/C14H17N3S/c1-10-8-12(13-5-3-7-18-13)17-14(16-10)11-4-2-6-15-9-11/h3,5,7-8,11,15H,2,4,6,9H2,1H3. The average Bonchev–Trinajstić information content (AvgIpc) is 2.93. The Morgan fingerprint density at radius 3 is 3.06 bits per heavy atom. The van der Waals surface area contributed by atoms with E-state index < -0.39 is 0 Å². The molecular formula is C14H17N3S. The van der Waals surface area contributed by atoms with Crippen molar-refractivity contribution in [3.05, 3.63) is 35.1 Å². The molecule has 0 amide bonds. The monoisotopic (exact) mass is 259 g/mol. The van der Waals surface area contributed by atoms with Crippen molar-refractivity contribution in [1.82, 2.24) is 15.3 Å². The van der Waals surface area contributed by atoms with Crippen LogP contribution in [-0.4, -0.2) is 23.1 Å². The Morgan fingerprint density at radius 2 is 2.33 bits per heavy atom. The minimum Gasteiger partial charge on any atom is -0.316 e. The first kappa shape index (κ1) is 11.8. The van der Waals surface area contributed by atoms with Gasteiger partial charge in [0.1, 0.15) is 5.82 Å². The molecule has 2 aromatic heterocycles. The second-order valence-electron chi connectivity index (χ2n) is 4.77. The molecule has 0 radical (unpaired) electrons. The third-order valence-electron chi connectivity index (χ3n) is 3.31. The molecule has 4 heteroatoms. The van der Waals surface area contributed by atoms with Gasteiger partial charge in [0.05, 0.1) is 10.6 Å². The van der Waals surface area contributed by atoms with Crippen LogP contribution in [0.25, 0.3) is 10.6 Å². The van der Waals surface area contributed by atoms with E-state index >= 15 is 0 Å². The van der Waals surface area contributed by atoms with Crippen LogP contribution in [0.2, 0.25) is 0 Å². The maximum absolute atomic E-state index is 4.76. The van der Waals surface area contributed by atoms with Crippen LogP contribution in [0, 0.1) is 6.92 Å². The van der Waals surface area contributed by atoms with Crippen molar-refractivity contribution in [2.24, 2.45) is 0 Å². The lowest BCUT2D eigenvalue weighted by atomic mass is 9.98. The predicted octanol–water partition coefficient (Wildman–Crippen LogP) is 2.98. The quantitative estimate of drug-likeness (QED) is 0.901. The molecule has 1 aliphatic rings. The number of hydrogen-bond acceptors (Lipinski definition) is 4. The molecule has 3 rings (SSSR count). The number of aromatic nitrogens is 2. The van der Waals surface area contributed by atoms with Gasteiger partial charge in [-0.25, -0.2) is 9.97 Å². The zero-order valence-corrected chi connectivity index (χ0v) is 11.3. The van der Waals surface area contributed by atoms with Gasteiger partial charge in [0.25, 0.3) is 0 Å². The van der Waals surface area contributed by atoms with E-state index in [1.807, 2.05) is 0 Å². The molecule has 2 aromatic rings. The van der Waals surface area contributed by atoms with E-state index in [0.717, 1.165) is 30.3 Å². The van der Waals surface area contributed by atoms with Gasteiger partial charge < -0.3 is 5.32 Å². The summed E-state index contributed by atoms with van der Waals surface area (Å²) in [6.45, 7) is 4.19. The summed E-state index contributed by atoms with van der Waals surface area (Å²) in [6.07, 6.45) is 2.41. The highest BCUT2D eigenvalue weighted by molar-refractivity contribution is 7.13. The van der Waals surface area contributed by atoms with Gasteiger partial charge in [-0.1, -0.05) is 6.07 Å². The van der Waals surface area contributed by atoms with Gasteiger partial charge in [0, 0.05) is 18.2 Å². The second-order valence-corrected chi connectivity index (χ2v) is 5.72. The maximum Gasteiger partial charge on any atom is 0.133 e. The van der Waals surface area contributed by atoms with Crippen molar-refractivity contribution in [3.63, 3.8) is 0 Å². The van der Waals surface area contributed by atoms with Gasteiger partial charge in [0.15, 0.2) is 0 Å². The van der Waals surface area contributed by atoms with Crippen molar-refractivity contribution in [2.45, 2.75) is 25.7 Å². The fraction of sp³-hybridized carbons (Fsp3) is 0.429. The fourth-order valence-corrected chi connectivity index (χ4v) is 3.08. The Hall–Kier alpha value is -1.26. The summed E-state index contributed by atoms with van der Waals surface area (Å²) in [4.78, 5) is 10.6. The van der Waals surface area contributed by atoms with Gasteiger partial charge >= 0.3 is 0 Å². The Morgan fingerprint density at radius 1 is 1.39 bits per heavy atom. The minimum absolute atomic E-state index is 0.470. The number of piperidine rings is 1. The van der Waals surface area contributed by atoms with E-state index in [-0.39, 0.29) is 0 Å². The van der Waals surface area contributed by atoms with Gasteiger partial charge in [-0.15, -0.1) is 11.3 Å². The number of nitrogens with one attached hydrogen (secondary N) is 1. The lowest BCUT2D eigenvalue weighted by Crippen LogP contribution is -2.29. The van der Waals surface area contributed by atoms with E-state index in [4.69, 9.17) is 4.98 Å². The van der Waals surface area contributed by atoms with Crippen LogP contribution in [0.4, 0.5) is 0 Å². The molecule has 0 saturated carbocycles. The summed E-state index contributed by atoms with van der Waals surface area (Å²) in [5.74, 6) is 1.47. The summed E-state index contributed by atoms with van der Waals surface area (Å²) in [6, 6.07) is 6.26. The number of hydrogen-bond donors (Lipinski definition) is 1. The topological polar surface area (TPSA) is 37.8 Å². The zero-order valence-electron chi connectivity index (χ0n) is 10.5. The fourth-order valence-electron chi connectivity index (χ4n) is 2.40. The maximum atomic E-state index is 4.76. The molecule has 0 aliphatic carbocycles. The third kappa shape index (κ3) is 2.44. The van der Waals surface area contributed by atoms with Gasteiger partial charge in [-0.3, -0.25) is 0 Å². The van der Waals surface area contributed by atoms with Crippen molar-refractivity contribution in [3.8, 4) is 10.6 Å². The summed E-state index contributed by atoms with van der Waals surface area (Å²) in [5, 5.41) is 5.52. The second kappa shape index (κ2) is 5.16. The predicted molar refractivity (Wildman–Crippen MR) is 74.9 cm³/mol. The molecule has 1 unspecified atom stereocenters. The first-order valence-corrected chi connectivity index (χ1v) is 7.31. The van der Waals surface area contributed by atoms with Crippen molar-refractivity contribution >= 4 is 11.3 Å². The van der Waals surface area contributed by atoms with Crippen LogP contribution in [0.1, 0.15) is 30.3 Å². The molecule has 3 heterocycles. The summed E-state index contributed by atoms with van der Waals surface area (Å²) in [7, 11) is 0. The molecule has 1 N–H and O–H groups in total. The molecular weight excluding hydrogens is 242 g/mol. The first-order chi connectivity index (χ1) is 8.83. The van der Waals surface area contributed by atoms with E-state index in [9.17, 15) is 0 Å². The minimum atomic E-state index is 0.470. The average molecular weight is 259 g/mol. The molecule has 1 fully saturated rings. The van der Waals surface area contributed by atoms with Crippen LogP contribution in [-0.2, 0) is 0 Å². The lowest BCUT2D eigenvalue weighted by Gasteiger charge is -2.22. The molecule has 1 aliphatic heterocycles. The normalized spacial score (nSPS) is 19.9. The summed E-state index contributed by atoms with van der Waals surface area (Å²) in [5.41, 5.74) is 2.13. The van der Waals surface area contributed by atoms with E-state index in [1.54, 1.807) is 11.3 Å². The molecule has 0 aromatic carbocycles. The summed E-state index contributed by atoms with van der Waals surface area (Å²) < 4.78 is 0. The van der Waals surface area contributed by atoms with E-state index in [2.05, 4.69) is 40.8 Å². The van der Waals surface area contributed by atoms with Crippen LogP contribution in [0.3, 0.4) is 0 Å². The Balaban J connectivity index is 1.95. The highest BCUT2D eigenvalue weighted by Gasteiger charge is 2.19. The smallest absolute Gasteiger partial charge is 0.133 e. The van der Waals surface area contributed by atoms with Crippen molar-refractivity contribution in [1.29, 1.82) is 0 Å². The van der Waals surface area contributed by atoms with Crippen molar-refractivity contribution < 1.29 is 0 Å². The Labute approximate surface area is 111 Å². The molecule has 94 valence electrons. The lowest BCUT2D eigenvalue weighted by molar-refractivity contribution is 0.446. The van der Waals surface area contributed by atoms with Crippen LogP contribution in [0.15, 0.2) is 23.6 Å². The van der Waals surface area contributed by atoms with E-state index in [1.165, 1.54) is 17.7 Å². The first-order valence-electron chi connectivity index (χ1n) is 6.43. The van der Waals surface area contributed by atoms with Crippen molar-refractivity contribution in [2.75, 3.05) is 13.1 Å². The molecule has 0 bridgehead atoms.